The summed E-state index contributed by atoms with van der Waals surface area (Å²) in [5.74, 6) is -4.37. The molecule has 1 atom stereocenters. The van der Waals surface area contributed by atoms with Crippen molar-refractivity contribution >= 4 is 34.6 Å². The van der Waals surface area contributed by atoms with E-state index in [-0.39, 0.29) is 17.7 Å². The maximum Gasteiger partial charge on any atom is 0.491 e. The van der Waals surface area contributed by atoms with E-state index in [2.05, 4.69) is 22.1 Å². The van der Waals surface area contributed by atoms with E-state index in [1.54, 1.807) is 13.1 Å². The summed E-state index contributed by atoms with van der Waals surface area (Å²) in [4.78, 5) is 25.1. The topological polar surface area (TPSA) is 92.8 Å². The fraction of sp³-hybridized carbons (Fsp3) is 0.500. The number of carbonyl (C=O) groups is 2. The first kappa shape index (κ1) is 22.7. The van der Waals surface area contributed by atoms with Crippen LogP contribution in [0.25, 0.3) is 0 Å². The fourth-order valence-corrected chi connectivity index (χ4v) is 4.44. The van der Waals surface area contributed by atoms with E-state index < -0.39 is 38.9 Å². The van der Waals surface area contributed by atoms with E-state index in [0.29, 0.717) is 13.1 Å². The maximum absolute atomic E-state index is 12.6. The number of hydrogen-bond donors (Lipinski definition) is 2. The van der Waals surface area contributed by atoms with Crippen molar-refractivity contribution < 1.29 is 35.9 Å². The quantitative estimate of drug-likeness (QED) is 0.408. The Morgan fingerprint density at radius 1 is 1.21 bits per heavy atom. The van der Waals surface area contributed by atoms with Gasteiger partial charge in [-0.25, -0.2) is 18.0 Å². The molecule has 0 bridgehead atoms. The van der Waals surface area contributed by atoms with Crippen LogP contribution in [0.3, 0.4) is 0 Å². The summed E-state index contributed by atoms with van der Waals surface area (Å²) in [5, 5.41) is 0. The number of ether oxygens (including phenoxy) is 1. The summed E-state index contributed by atoms with van der Waals surface area (Å²) < 4.78 is 67.3. The van der Waals surface area contributed by atoms with Gasteiger partial charge in [0, 0.05) is 4.75 Å². The minimum atomic E-state index is -5.39. The highest BCUT2D eigenvalue weighted by Gasteiger charge is 2.49. The first-order chi connectivity index (χ1) is 12.8. The summed E-state index contributed by atoms with van der Waals surface area (Å²) in [6.45, 7) is 0.848. The van der Waals surface area contributed by atoms with Crippen LogP contribution in [0.5, 0.6) is 0 Å². The van der Waals surface area contributed by atoms with Crippen molar-refractivity contribution in [2.75, 3.05) is 20.1 Å². The number of alkyl halides is 3. The Labute approximate surface area is 165 Å². The summed E-state index contributed by atoms with van der Waals surface area (Å²) in [6.07, 6.45) is -5.02. The second-order valence-electron chi connectivity index (χ2n) is 6.48. The van der Waals surface area contributed by atoms with Crippen molar-refractivity contribution in [3.8, 4) is 0 Å². The summed E-state index contributed by atoms with van der Waals surface area (Å²) in [6, 6.07) is 5.18. The third-order valence-corrected chi connectivity index (χ3v) is 6.52. The zero-order valence-corrected chi connectivity index (χ0v) is 16.5. The molecule has 1 heterocycles. The molecule has 1 aromatic rings. The molecular formula is C16H19F3N2O5S2. The first-order valence-corrected chi connectivity index (χ1v) is 10.1. The average Bonchev–Trinajstić information content (AvgIpc) is 2.62. The van der Waals surface area contributed by atoms with Crippen molar-refractivity contribution in [1.29, 1.82) is 0 Å². The Kier molecular flexibility index (Phi) is 6.79. The fourth-order valence-electron chi connectivity index (χ4n) is 2.70. The van der Waals surface area contributed by atoms with Crippen LogP contribution in [0.15, 0.2) is 35.2 Å². The highest BCUT2D eigenvalue weighted by Crippen LogP contribution is 2.34. The smallest absolute Gasteiger partial charge is 0.385 e. The van der Waals surface area contributed by atoms with Gasteiger partial charge in [0.15, 0.2) is 0 Å². The van der Waals surface area contributed by atoms with Gasteiger partial charge in [-0.3, -0.25) is 0 Å². The first-order valence-electron chi connectivity index (χ1n) is 8.16. The molecule has 1 fully saturated rings. The zero-order valence-electron chi connectivity index (χ0n) is 14.8. The molecule has 1 saturated heterocycles. The monoisotopic (exact) mass is 440 g/mol. The van der Waals surface area contributed by atoms with Crippen LogP contribution in [-0.4, -0.2) is 62.4 Å². The molecule has 0 aromatic heterocycles. The Balaban J connectivity index is 2.34. The largest absolute Gasteiger partial charge is 0.491 e. The molecule has 0 aliphatic carbocycles. The molecule has 1 aliphatic rings. The van der Waals surface area contributed by atoms with E-state index in [0.717, 1.165) is 0 Å². The molecule has 156 valence electrons. The predicted octanol–water partition coefficient (Wildman–Crippen LogP) is 1.36. The van der Waals surface area contributed by atoms with Gasteiger partial charge in [0.25, 0.3) is 0 Å². The predicted molar refractivity (Wildman–Crippen MR) is 96.2 cm³/mol. The number of carbonyl (C=O) groups excluding carboxylic acids is 2. The molecule has 0 spiro atoms. The minimum absolute atomic E-state index is 0.184. The van der Waals surface area contributed by atoms with E-state index in [9.17, 15) is 31.2 Å². The minimum Gasteiger partial charge on any atom is -0.385 e. The highest BCUT2D eigenvalue weighted by atomic mass is 32.2. The third kappa shape index (κ3) is 5.46. The summed E-state index contributed by atoms with van der Waals surface area (Å²) in [7, 11) is -2.49. The van der Waals surface area contributed by atoms with Crippen LogP contribution < -0.4 is 4.72 Å². The number of halogens is 3. The third-order valence-electron chi connectivity index (χ3n) is 4.38. The average molecular weight is 440 g/mol. The lowest BCUT2D eigenvalue weighted by atomic mass is 9.88. The lowest BCUT2D eigenvalue weighted by Crippen LogP contribution is -2.58. The van der Waals surface area contributed by atoms with Crippen LogP contribution in [-0.2, 0) is 24.3 Å². The Bertz CT molecular complexity index is 822. The summed E-state index contributed by atoms with van der Waals surface area (Å²) in [5.41, 5.74) is 0. The molecule has 28 heavy (non-hydrogen) atoms. The molecule has 0 amide bonds. The van der Waals surface area contributed by atoms with Gasteiger partial charge >= 0.3 is 18.1 Å². The second kappa shape index (κ2) is 8.39. The molecular weight excluding hydrogens is 421 g/mol. The van der Waals surface area contributed by atoms with Gasteiger partial charge < -0.3 is 9.64 Å². The number of nitrogens with one attached hydrogen (secondary N) is 1. The zero-order chi connectivity index (χ0) is 21.2. The van der Waals surface area contributed by atoms with Crippen LogP contribution in [0.1, 0.15) is 12.8 Å². The molecule has 7 nitrogen and oxygen atoms in total. The molecule has 12 heteroatoms. The molecule has 2 rings (SSSR count). The Hall–Kier alpha value is -1.63. The lowest BCUT2D eigenvalue weighted by molar-refractivity contribution is -0.202. The van der Waals surface area contributed by atoms with Crippen molar-refractivity contribution in [1.82, 2.24) is 9.62 Å². The van der Waals surface area contributed by atoms with E-state index in [1.165, 1.54) is 24.3 Å². The second-order valence-corrected chi connectivity index (χ2v) is 9.09. The van der Waals surface area contributed by atoms with E-state index in [1.807, 2.05) is 4.90 Å². The van der Waals surface area contributed by atoms with Gasteiger partial charge in [0.05, 0.1) is 4.90 Å². The van der Waals surface area contributed by atoms with Gasteiger partial charge in [-0.05, 0) is 45.1 Å². The normalized spacial score (nSPS) is 19.0. The molecule has 1 aromatic carbocycles. The molecule has 0 unspecified atom stereocenters. The SMILES string of the molecule is CN1CCC(S)([C@@H](NS(=O)(=O)c2ccccc2)C(=O)OC(=O)C(F)(F)F)CC1. The van der Waals surface area contributed by atoms with Crippen molar-refractivity contribution in [3.05, 3.63) is 30.3 Å². The maximum atomic E-state index is 12.6. The number of piperidine rings is 1. The van der Waals surface area contributed by atoms with Crippen LogP contribution in [0, 0.1) is 0 Å². The number of hydrogen-bond acceptors (Lipinski definition) is 7. The standard InChI is InChI=1S/C16H19F3N2O5S2/c1-21-9-7-15(27,8-10-21)12(13(22)26-14(23)16(17,18)19)20-28(24,25)11-5-3-2-4-6-11/h2-6,12,20,27H,7-10H2,1H3/t12-/m0/s1. The van der Waals surface area contributed by atoms with Crippen LogP contribution in [0.4, 0.5) is 13.2 Å². The van der Waals surface area contributed by atoms with Crippen molar-refractivity contribution in [3.63, 3.8) is 0 Å². The van der Waals surface area contributed by atoms with Gasteiger partial charge in [-0.2, -0.15) is 30.5 Å². The van der Waals surface area contributed by atoms with Crippen LogP contribution >= 0.6 is 12.6 Å². The van der Waals surface area contributed by atoms with Gasteiger partial charge in [0.2, 0.25) is 10.0 Å². The van der Waals surface area contributed by atoms with Crippen molar-refractivity contribution in [2.45, 2.75) is 34.7 Å². The van der Waals surface area contributed by atoms with Crippen LogP contribution in [0.2, 0.25) is 0 Å². The van der Waals surface area contributed by atoms with Gasteiger partial charge in [-0.15, -0.1) is 0 Å². The molecule has 0 radical (unpaired) electrons. The Morgan fingerprint density at radius 2 is 1.75 bits per heavy atom. The molecule has 1 N–H and O–H groups in total. The number of benzene rings is 1. The molecule has 1 aliphatic heterocycles. The number of likely N-dealkylation sites (tertiary alicyclic amines) is 1. The lowest BCUT2D eigenvalue weighted by Gasteiger charge is -2.41. The highest BCUT2D eigenvalue weighted by molar-refractivity contribution is 7.89. The Morgan fingerprint density at radius 3 is 2.25 bits per heavy atom. The number of sulfonamides is 1. The van der Waals surface area contributed by atoms with Crippen molar-refractivity contribution in [2.24, 2.45) is 0 Å². The van der Waals surface area contributed by atoms with Gasteiger partial charge in [0.1, 0.15) is 6.04 Å². The van der Waals surface area contributed by atoms with E-state index >= 15 is 0 Å². The number of nitrogens with zero attached hydrogens (tertiary/aromatic N) is 1. The van der Waals surface area contributed by atoms with Gasteiger partial charge in [-0.1, -0.05) is 18.2 Å². The number of rotatable bonds is 5. The number of esters is 2. The molecule has 0 saturated carbocycles. The number of thiol groups is 1. The summed E-state index contributed by atoms with van der Waals surface area (Å²) >= 11 is 4.40. The van der Waals surface area contributed by atoms with E-state index in [4.69, 9.17) is 0 Å².